The third kappa shape index (κ3) is 2.63. The number of rotatable bonds is 2. The van der Waals surface area contributed by atoms with Crippen LogP contribution in [-0.2, 0) is 6.18 Å². The maximum absolute atomic E-state index is 12.4. The number of hydrogen-bond acceptors (Lipinski definition) is 3. The number of nitrogens with zero attached hydrogens (tertiary/aromatic N) is 1. The Kier molecular flexibility index (Phi) is 3.00. The third-order valence-corrected chi connectivity index (χ3v) is 2.50. The fourth-order valence-corrected chi connectivity index (χ4v) is 1.67. The molecule has 0 unspecified atom stereocenters. The van der Waals surface area contributed by atoms with E-state index in [9.17, 15) is 13.2 Å². The molecule has 3 nitrogen and oxygen atoms in total. The molecular weight excluding hydrogens is 219 g/mol. The van der Waals surface area contributed by atoms with E-state index in [0.29, 0.717) is 0 Å². The molecule has 0 aromatic carbocycles. The molecule has 0 saturated carbocycles. The normalized spacial score (nSPS) is 21.1. The van der Waals surface area contributed by atoms with Crippen molar-refractivity contribution >= 4 is 5.82 Å². The summed E-state index contributed by atoms with van der Waals surface area (Å²) in [7, 11) is 0. The van der Waals surface area contributed by atoms with Crippen LogP contribution in [0.25, 0.3) is 0 Å². The Balaban J connectivity index is 2.09. The second-order valence-corrected chi connectivity index (χ2v) is 3.76. The summed E-state index contributed by atoms with van der Waals surface area (Å²) in [6, 6.07) is 2.17. The first-order valence-corrected chi connectivity index (χ1v) is 5.06. The molecule has 2 N–H and O–H groups in total. The quantitative estimate of drug-likeness (QED) is 0.816. The zero-order valence-corrected chi connectivity index (χ0v) is 8.51. The lowest BCUT2D eigenvalue weighted by Crippen LogP contribution is -2.23. The molecule has 1 saturated heterocycles. The van der Waals surface area contributed by atoms with Gasteiger partial charge in [-0.3, -0.25) is 0 Å². The first-order chi connectivity index (χ1) is 7.55. The van der Waals surface area contributed by atoms with E-state index in [1.165, 1.54) is 6.20 Å². The molecule has 2 heterocycles. The number of hydrogen-bond donors (Lipinski definition) is 2. The van der Waals surface area contributed by atoms with E-state index in [1.54, 1.807) is 0 Å². The summed E-state index contributed by atoms with van der Waals surface area (Å²) in [6.07, 6.45) is -2.24. The lowest BCUT2D eigenvalue weighted by atomic mass is 10.2. The number of alkyl halides is 3. The fourth-order valence-electron chi connectivity index (χ4n) is 1.67. The van der Waals surface area contributed by atoms with E-state index in [2.05, 4.69) is 15.6 Å². The second kappa shape index (κ2) is 4.29. The van der Waals surface area contributed by atoms with Gasteiger partial charge in [0.2, 0.25) is 0 Å². The van der Waals surface area contributed by atoms with Crippen LogP contribution in [0, 0.1) is 0 Å². The lowest BCUT2D eigenvalue weighted by Gasteiger charge is -2.13. The number of halogens is 3. The van der Waals surface area contributed by atoms with E-state index < -0.39 is 11.7 Å². The van der Waals surface area contributed by atoms with E-state index >= 15 is 0 Å². The number of nitrogens with one attached hydrogen (secondary N) is 2. The highest BCUT2D eigenvalue weighted by molar-refractivity contribution is 5.39. The van der Waals surface area contributed by atoms with Crippen LogP contribution in [0.4, 0.5) is 19.0 Å². The van der Waals surface area contributed by atoms with Crippen molar-refractivity contribution in [1.29, 1.82) is 0 Å². The molecule has 0 amide bonds. The summed E-state index contributed by atoms with van der Waals surface area (Å²) in [5.41, 5.74) is -0.670. The maximum atomic E-state index is 12.4. The second-order valence-electron chi connectivity index (χ2n) is 3.76. The van der Waals surface area contributed by atoms with Gasteiger partial charge in [-0.15, -0.1) is 0 Å². The smallest absolute Gasteiger partial charge is 0.366 e. The molecule has 2 rings (SSSR count). The van der Waals surface area contributed by atoms with Gasteiger partial charge in [-0.2, -0.15) is 13.2 Å². The van der Waals surface area contributed by atoms with Crippen molar-refractivity contribution in [3.63, 3.8) is 0 Å². The number of aromatic nitrogens is 1. The van der Waals surface area contributed by atoms with Gasteiger partial charge in [0, 0.05) is 18.8 Å². The molecule has 88 valence electrons. The van der Waals surface area contributed by atoms with Crippen LogP contribution in [0.5, 0.6) is 0 Å². The van der Waals surface area contributed by atoms with Crippen molar-refractivity contribution in [2.45, 2.75) is 18.6 Å². The Morgan fingerprint density at radius 3 is 2.88 bits per heavy atom. The van der Waals surface area contributed by atoms with Crippen molar-refractivity contribution in [2.75, 3.05) is 18.4 Å². The lowest BCUT2D eigenvalue weighted by molar-refractivity contribution is -0.137. The Bertz CT molecular complexity index is 359. The molecule has 1 aliphatic heterocycles. The zero-order chi connectivity index (χ0) is 11.6. The summed E-state index contributed by atoms with van der Waals surface area (Å²) in [5, 5.41) is 6.10. The first kappa shape index (κ1) is 11.2. The van der Waals surface area contributed by atoms with E-state index in [4.69, 9.17) is 0 Å². The monoisotopic (exact) mass is 231 g/mol. The van der Waals surface area contributed by atoms with Crippen LogP contribution in [0.3, 0.4) is 0 Å². The standard InChI is InChI=1S/C10H12F3N3/c11-10(12,13)7-1-4-15-9(5-7)16-8-2-3-14-6-8/h1,4-5,8,14H,2-3,6H2,(H,15,16)/t8-/m1/s1. The van der Waals surface area contributed by atoms with Crippen molar-refractivity contribution < 1.29 is 13.2 Å². The summed E-state index contributed by atoms with van der Waals surface area (Å²) in [5.74, 6) is 0.281. The van der Waals surface area contributed by atoms with E-state index in [0.717, 1.165) is 31.6 Å². The van der Waals surface area contributed by atoms with Gasteiger partial charge in [-0.1, -0.05) is 0 Å². The first-order valence-electron chi connectivity index (χ1n) is 5.06. The predicted octanol–water partition coefficient (Wildman–Crippen LogP) is 1.87. The highest BCUT2D eigenvalue weighted by atomic mass is 19.4. The molecule has 1 atom stereocenters. The van der Waals surface area contributed by atoms with Gasteiger partial charge >= 0.3 is 6.18 Å². The average Bonchev–Trinajstić information content (AvgIpc) is 2.70. The molecular formula is C10H12F3N3. The minimum absolute atomic E-state index is 0.163. The molecule has 0 radical (unpaired) electrons. The van der Waals surface area contributed by atoms with Gasteiger partial charge < -0.3 is 10.6 Å². The number of anilines is 1. The van der Waals surface area contributed by atoms with Crippen molar-refractivity contribution in [2.24, 2.45) is 0 Å². The van der Waals surface area contributed by atoms with Crippen molar-refractivity contribution in [3.05, 3.63) is 23.9 Å². The van der Waals surface area contributed by atoms with Crippen LogP contribution < -0.4 is 10.6 Å². The van der Waals surface area contributed by atoms with Crippen molar-refractivity contribution in [3.8, 4) is 0 Å². The Morgan fingerprint density at radius 2 is 2.25 bits per heavy atom. The van der Waals surface area contributed by atoms with Crippen LogP contribution in [0.15, 0.2) is 18.3 Å². The Labute approximate surface area is 91.1 Å². The summed E-state index contributed by atoms with van der Waals surface area (Å²) in [6.45, 7) is 1.65. The fraction of sp³-hybridized carbons (Fsp3) is 0.500. The minimum atomic E-state index is -4.31. The number of pyridine rings is 1. The maximum Gasteiger partial charge on any atom is 0.416 e. The molecule has 0 spiro atoms. The largest absolute Gasteiger partial charge is 0.416 e. The van der Waals surface area contributed by atoms with Gasteiger partial charge in [-0.25, -0.2) is 4.98 Å². The summed E-state index contributed by atoms with van der Waals surface area (Å²) >= 11 is 0. The molecule has 1 aliphatic rings. The van der Waals surface area contributed by atoms with Crippen LogP contribution in [0.1, 0.15) is 12.0 Å². The van der Waals surface area contributed by atoms with Crippen LogP contribution in [-0.4, -0.2) is 24.1 Å². The molecule has 6 heteroatoms. The minimum Gasteiger partial charge on any atom is -0.366 e. The van der Waals surface area contributed by atoms with Crippen molar-refractivity contribution in [1.82, 2.24) is 10.3 Å². The molecule has 0 aliphatic carbocycles. The molecule has 0 bridgehead atoms. The summed E-state index contributed by atoms with van der Waals surface area (Å²) in [4.78, 5) is 3.88. The van der Waals surface area contributed by atoms with Gasteiger partial charge in [-0.05, 0) is 25.1 Å². The van der Waals surface area contributed by atoms with E-state index in [1.807, 2.05) is 0 Å². The average molecular weight is 231 g/mol. The van der Waals surface area contributed by atoms with Gasteiger partial charge in [0.15, 0.2) is 0 Å². The Hall–Kier alpha value is -1.30. The zero-order valence-electron chi connectivity index (χ0n) is 8.51. The van der Waals surface area contributed by atoms with Gasteiger partial charge in [0.05, 0.1) is 5.56 Å². The third-order valence-electron chi connectivity index (χ3n) is 2.50. The van der Waals surface area contributed by atoms with Crippen LogP contribution in [0.2, 0.25) is 0 Å². The highest BCUT2D eigenvalue weighted by Gasteiger charge is 2.30. The Morgan fingerprint density at radius 1 is 1.44 bits per heavy atom. The van der Waals surface area contributed by atoms with Gasteiger partial charge in [0.1, 0.15) is 5.82 Å². The van der Waals surface area contributed by atoms with Crippen LogP contribution >= 0.6 is 0 Å². The molecule has 16 heavy (non-hydrogen) atoms. The molecule has 1 fully saturated rings. The predicted molar refractivity (Wildman–Crippen MR) is 54.1 cm³/mol. The molecule has 1 aromatic rings. The van der Waals surface area contributed by atoms with E-state index in [-0.39, 0.29) is 11.9 Å². The molecule has 1 aromatic heterocycles. The summed E-state index contributed by atoms with van der Waals surface area (Å²) < 4.78 is 37.2. The SMILES string of the molecule is FC(F)(F)c1ccnc(N[C@@H]2CCNC2)c1. The van der Waals surface area contributed by atoms with Gasteiger partial charge in [0.25, 0.3) is 0 Å². The highest BCUT2D eigenvalue weighted by Crippen LogP contribution is 2.30. The topological polar surface area (TPSA) is 37.0 Å².